The summed E-state index contributed by atoms with van der Waals surface area (Å²) in [4.78, 5) is 22.2. The Balaban J connectivity index is 0.000000240. The largest absolute Gasteiger partial charge is 0.465 e. The van der Waals surface area contributed by atoms with Crippen LogP contribution in [0.25, 0.3) is 0 Å². The van der Waals surface area contributed by atoms with Gasteiger partial charge in [-0.3, -0.25) is 4.79 Å². The highest BCUT2D eigenvalue weighted by Crippen LogP contribution is 1.98. The molecule has 0 aliphatic carbocycles. The molecule has 2 aromatic heterocycles. The van der Waals surface area contributed by atoms with Crippen LogP contribution in [0.15, 0.2) is 24.8 Å². The van der Waals surface area contributed by atoms with E-state index in [-0.39, 0.29) is 12.5 Å². The van der Waals surface area contributed by atoms with Gasteiger partial charge >= 0.3 is 5.97 Å². The van der Waals surface area contributed by atoms with Crippen molar-refractivity contribution in [2.75, 3.05) is 6.61 Å². The standard InChI is InChI=1S/C9H14N2O2.C5H8N2/c1-3-8-10-5-6-11(8)7-9(12)13-4-2;1-2-5-6-3-4-7-5/h5-6H,3-4,7H2,1-2H3;3-4H,2H2,1H3,(H,6,7). The molecule has 0 radical (unpaired) electrons. The molecule has 0 spiro atoms. The number of carbonyl (C=O) groups excluding carboxylic acids is 1. The minimum atomic E-state index is -0.213. The number of aromatic amines is 1. The maximum Gasteiger partial charge on any atom is 0.325 e. The molecule has 2 aromatic rings. The third-order valence-electron chi connectivity index (χ3n) is 2.61. The van der Waals surface area contributed by atoms with Crippen molar-refractivity contribution in [2.24, 2.45) is 0 Å². The van der Waals surface area contributed by atoms with Crippen LogP contribution in [-0.4, -0.2) is 32.1 Å². The van der Waals surface area contributed by atoms with Gasteiger partial charge < -0.3 is 14.3 Å². The van der Waals surface area contributed by atoms with E-state index in [2.05, 4.69) is 21.9 Å². The Morgan fingerprint density at radius 2 is 2.05 bits per heavy atom. The summed E-state index contributed by atoms with van der Waals surface area (Å²) in [6.07, 6.45) is 8.89. The number of rotatable bonds is 5. The number of nitrogens with zero attached hydrogens (tertiary/aromatic N) is 3. The molecule has 1 N–H and O–H groups in total. The molecule has 20 heavy (non-hydrogen) atoms. The molecule has 0 fully saturated rings. The molecule has 0 saturated heterocycles. The molecule has 0 atom stereocenters. The van der Waals surface area contributed by atoms with Gasteiger partial charge in [-0.05, 0) is 6.92 Å². The molecule has 2 rings (SSSR count). The highest BCUT2D eigenvalue weighted by Gasteiger charge is 2.05. The van der Waals surface area contributed by atoms with E-state index in [1.54, 1.807) is 30.1 Å². The van der Waals surface area contributed by atoms with Crippen molar-refractivity contribution in [2.45, 2.75) is 40.2 Å². The first-order chi connectivity index (χ1) is 9.71. The zero-order chi connectivity index (χ0) is 14.8. The first-order valence-corrected chi connectivity index (χ1v) is 6.85. The van der Waals surface area contributed by atoms with E-state index in [9.17, 15) is 4.79 Å². The van der Waals surface area contributed by atoms with Gasteiger partial charge in [0.25, 0.3) is 0 Å². The number of aryl methyl sites for hydroxylation is 2. The van der Waals surface area contributed by atoms with Crippen molar-refractivity contribution >= 4 is 5.97 Å². The van der Waals surface area contributed by atoms with Crippen LogP contribution >= 0.6 is 0 Å². The van der Waals surface area contributed by atoms with E-state index < -0.39 is 0 Å². The second-order valence-electron chi connectivity index (χ2n) is 4.02. The lowest BCUT2D eigenvalue weighted by atomic mass is 10.4. The van der Waals surface area contributed by atoms with E-state index in [0.717, 1.165) is 24.5 Å². The lowest BCUT2D eigenvalue weighted by Crippen LogP contribution is -2.14. The zero-order valence-electron chi connectivity index (χ0n) is 12.3. The van der Waals surface area contributed by atoms with Crippen molar-refractivity contribution in [1.82, 2.24) is 19.5 Å². The fourth-order valence-corrected chi connectivity index (χ4v) is 1.64. The lowest BCUT2D eigenvalue weighted by Gasteiger charge is -2.05. The normalized spacial score (nSPS) is 9.75. The molecule has 110 valence electrons. The molecule has 0 amide bonds. The van der Waals surface area contributed by atoms with Crippen LogP contribution in [0.1, 0.15) is 32.4 Å². The number of hydrogen-bond acceptors (Lipinski definition) is 4. The van der Waals surface area contributed by atoms with Gasteiger partial charge in [0.15, 0.2) is 0 Å². The predicted molar refractivity (Wildman–Crippen MR) is 76.2 cm³/mol. The Morgan fingerprint density at radius 3 is 2.55 bits per heavy atom. The molecule has 6 heteroatoms. The van der Waals surface area contributed by atoms with E-state index in [0.29, 0.717) is 6.61 Å². The van der Waals surface area contributed by atoms with Crippen LogP contribution in [0.4, 0.5) is 0 Å². The number of carbonyl (C=O) groups is 1. The summed E-state index contributed by atoms with van der Waals surface area (Å²) in [6.45, 7) is 6.56. The lowest BCUT2D eigenvalue weighted by molar-refractivity contribution is -0.143. The molecule has 0 unspecified atom stereocenters. The number of esters is 1. The van der Waals surface area contributed by atoms with Crippen molar-refractivity contribution < 1.29 is 9.53 Å². The topological polar surface area (TPSA) is 72.8 Å². The number of H-pyrrole nitrogens is 1. The summed E-state index contributed by atoms with van der Waals surface area (Å²) >= 11 is 0. The second-order valence-corrected chi connectivity index (χ2v) is 4.02. The number of hydrogen-bond donors (Lipinski definition) is 1. The average Bonchev–Trinajstić information content (AvgIpc) is 3.10. The predicted octanol–water partition coefficient (Wildman–Crippen LogP) is 1.98. The minimum absolute atomic E-state index is 0.213. The molecule has 0 aliphatic rings. The van der Waals surface area contributed by atoms with Gasteiger partial charge in [-0.25, -0.2) is 9.97 Å². The zero-order valence-corrected chi connectivity index (χ0v) is 12.3. The van der Waals surface area contributed by atoms with Crippen molar-refractivity contribution in [3.8, 4) is 0 Å². The summed E-state index contributed by atoms with van der Waals surface area (Å²) in [5.41, 5.74) is 0. The summed E-state index contributed by atoms with van der Waals surface area (Å²) < 4.78 is 6.63. The monoisotopic (exact) mass is 278 g/mol. The summed E-state index contributed by atoms with van der Waals surface area (Å²) in [5.74, 6) is 1.75. The van der Waals surface area contributed by atoms with Gasteiger partial charge in [0.05, 0.1) is 6.61 Å². The second kappa shape index (κ2) is 8.90. The van der Waals surface area contributed by atoms with Gasteiger partial charge in [0.2, 0.25) is 0 Å². The van der Waals surface area contributed by atoms with Gasteiger partial charge in [0.1, 0.15) is 18.2 Å². The third-order valence-corrected chi connectivity index (χ3v) is 2.61. The van der Waals surface area contributed by atoms with Gasteiger partial charge in [0, 0.05) is 37.6 Å². The first-order valence-electron chi connectivity index (χ1n) is 6.85. The van der Waals surface area contributed by atoms with Gasteiger partial charge in [-0.1, -0.05) is 13.8 Å². The molecule has 2 heterocycles. The molecule has 0 aliphatic heterocycles. The Bertz CT molecular complexity index is 491. The van der Waals surface area contributed by atoms with Crippen LogP contribution in [0.3, 0.4) is 0 Å². The molecule has 6 nitrogen and oxygen atoms in total. The fourth-order valence-electron chi connectivity index (χ4n) is 1.64. The fraction of sp³-hybridized carbons (Fsp3) is 0.500. The summed E-state index contributed by atoms with van der Waals surface area (Å²) in [6, 6.07) is 0. The van der Waals surface area contributed by atoms with Crippen molar-refractivity contribution in [3.63, 3.8) is 0 Å². The minimum Gasteiger partial charge on any atom is -0.465 e. The van der Waals surface area contributed by atoms with Gasteiger partial charge in [-0.15, -0.1) is 0 Å². The Morgan fingerprint density at radius 1 is 1.25 bits per heavy atom. The van der Waals surface area contributed by atoms with E-state index in [4.69, 9.17) is 4.74 Å². The molecular weight excluding hydrogens is 256 g/mol. The molecule has 0 saturated carbocycles. The number of nitrogens with one attached hydrogen (secondary N) is 1. The average molecular weight is 278 g/mol. The Kier molecular flexibility index (Phi) is 7.10. The summed E-state index contributed by atoms with van der Waals surface area (Å²) in [7, 11) is 0. The van der Waals surface area contributed by atoms with Crippen molar-refractivity contribution in [3.05, 3.63) is 36.4 Å². The Labute approximate surface area is 119 Å². The number of aromatic nitrogens is 4. The smallest absolute Gasteiger partial charge is 0.325 e. The maximum atomic E-state index is 11.1. The third kappa shape index (κ3) is 5.26. The first kappa shape index (κ1) is 15.9. The molecule has 0 aromatic carbocycles. The van der Waals surface area contributed by atoms with Crippen LogP contribution < -0.4 is 0 Å². The number of imidazole rings is 2. The molecular formula is C14H22N4O2. The van der Waals surface area contributed by atoms with E-state index in [1.165, 1.54) is 0 Å². The van der Waals surface area contributed by atoms with Crippen LogP contribution in [0.2, 0.25) is 0 Å². The molecule has 0 bridgehead atoms. The Hall–Kier alpha value is -2.11. The maximum absolute atomic E-state index is 11.1. The number of ether oxygens (including phenoxy) is 1. The summed E-state index contributed by atoms with van der Waals surface area (Å²) in [5, 5.41) is 0. The van der Waals surface area contributed by atoms with Crippen LogP contribution in [0, 0.1) is 0 Å². The van der Waals surface area contributed by atoms with Crippen molar-refractivity contribution in [1.29, 1.82) is 0 Å². The van der Waals surface area contributed by atoms with Crippen LogP contribution in [0.5, 0.6) is 0 Å². The highest BCUT2D eigenvalue weighted by atomic mass is 16.5. The SMILES string of the molecule is CCOC(=O)Cn1ccnc1CC.CCc1ncc[nH]1. The highest BCUT2D eigenvalue weighted by molar-refractivity contribution is 5.69. The van der Waals surface area contributed by atoms with E-state index in [1.807, 2.05) is 13.1 Å². The van der Waals surface area contributed by atoms with Gasteiger partial charge in [-0.2, -0.15) is 0 Å². The van der Waals surface area contributed by atoms with Crippen LogP contribution in [-0.2, 0) is 28.9 Å². The quantitative estimate of drug-likeness (QED) is 0.849. The van der Waals surface area contributed by atoms with E-state index >= 15 is 0 Å².